The highest BCUT2D eigenvalue weighted by Crippen LogP contribution is 2.17. The second-order valence-electron chi connectivity index (χ2n) is 7.13. The van der Waals surface area contributed by atoms with Gasteiger partial charge >= 0.3 is 0 Å². The Hall–Kier alpha value is -2.90. The molecule has 2 aromatic rings. The van der Waals surface area contributed by atoms with Crippen LogP contribution in [0.3, 0.4) is 0 Å². The van der Waals surface area contributed by atoms with Crippen molar-refractivity contribution in [1.82, 2.24) is 4.90 Å². The molecule has 7 heteroatoms. The zero-order valence-corrected chi connectivity index (χ0v) is 16.7. The summed E-state index contributed by atoms with van der Waals surface area (Å²) in [7, 11) is 1.50. The zero-order chi connectivity index (χ0) is 20.6. The molecule has 1 aliphatic rings. The molecule has 3 N–H and O–H groups in total. The average molecular weight is 396 g/mol. The average Bonchev–Trinajstić information content (AvgIpc) is 2.76. The van der Waals surface area contributed by atoms with E-state index >= 15 is 0 Å². The highest BCUT2D eigenvalue weighted by Gasteiger charge is 2.21. The molecular weight excluding hydrogens is 368 g/mol. The number of rotatable bonds is 7. The van der Waals surface area contributed by atoms with Crippen molar-refractivity contribution in [2.45, 2.75) is 12.5 Å². The second kappa shape index (κ2) is 10.0. The van der Waals surface area contributed by atoms with E-state index in [9.17, 15) is 9.59 Å². The molecule has 0 aromatic heterocycles. The molecule has 1 atom stereocenters. The van der Waals surface area contributed by atoms with E-state index in [1.165, 1.54) is 12.8 Å². The van der Waals surface area contributed by atoms with E-state index in [1.54, 1.807) is 12.1 Å². The Labute approximate surface area is 171 Å². The number of carbonyl (C=O) groups excluding carboxylic acids is 2. The fourth-order valence-electron chi connectivity index (χ4n) is 3.34. The van der Waals surface area contributed by atoms with Crippen molar-refractivity contribution in [1.29, 1.82) is 0 Å². The van der Waals surface area contributed by atoms with Crippen LogP contribution in [0.5, 0.6) is 0 Å². The van der Waals surface area contributed by atoms with Crippen molar-refractivity contribution in [3.63, 3.8) is 0 Å². The molecule has 7 nitrogen and oxygen atoms in total. The number of nitrogens with one attached hydrogen (secondary N) is 1. The molecule has 2 aromatic carbocycles. The summed E-state index contributed by atoms with van der Waals surface area (Å²) >= 11 is 0. The standard InChI is InChI=1S/C22H28N4O3/c1-29-16-20(23)22(28)24-18-9-7-17(8-10-18)15-21(27)26-13-11-25(12-14-26)19-5-3-2-4-6-19/h2-10,20H,11-16,23H2,1H3,(H,24,28). The Kier molecular flexibility index (Phi) is 7.21. The molecule has 0 bridgehead atoms. The molecule has 0 saturated carbocycles. The highest BCUT2D eigenvalue weighted by atomic mass is 16.5. The molecule has 1 aliphatic heterocycles. The van der Waals surface area contributed by atoms with Gasteiger partial charge in [0.05, 0.1) is 13.0 Å². The SMILES string of the molecule is COCC(N)C(=O)Nc1ccc(CC(=O)N2CCN(c3ccccc3)CC2)cc1. The summed E-state index contributed by atoms with van der Waals surface area (Å²) < 4.78 is 4.88. The van der Waals surface area contributed by atoms with Gasteiger partial charge in [0.25, 0.3) is 0 Å². The van der Waals surface area contributed by atoms with Gasteiger partial charge in [-0.1, -0.05) is 30.3 Å². The number of methoxy groups -OCH3 is 1. The van der Waals surface area contributed by atoms with E-state index in [-0.39, 0.29) is 18.4 Å². The predicted molar refractivity (Wildman–Crippen MR) is 114 cm³/mol. The summed E-state index contributed by atoms with van der Waals surface area (Å²) in [4.78, 5) is 28.8. The van der Waals surface area contributed by atoms with Crippen molar-refractivity contribution in [3.8, 4) is 0 Å². The minimum absolute atomic E-state index is 0.122. The number of carbonyl (C=O) groups is 2. The summed E-state index contributed by atoms with van der Waals surface area (Å²) in [5.41, 5.74) is 8.47. The maximum absolute atomic E-state index is 12.6. The summed E-state index contributed by atoms with van der Waals surface area (Å²) in [5.74, 6) is -0.177. The number of hydrogen-bond donors (Lipinski definition) is 2. The predicted octanol–water partition coefficient (Wildman–Crippen LogP) is 1.49. The van der Waals surface area contributed by atoms with E-state index < -0.39 is 6.04 Å². The summed E-state index contributed by atoms with van der Waals surface area (Å²) in [6.45, 7) is 3.28. The number of piperazine rings is 1. The number of benzene rings is 2. The Morgan fingerprint density at radius 2 is 1.69 bits per heavy atom. The quantitative estimate of drug-likeness (QED) is 0.740. The number of amides is 2. The van der Waals surface area contributed by atoms with Crippen molar-refractivity contribution in [2.75, 3.05) is 50.1 Å². The maximum atomic E-state index is 12.6. The molecule has 3 rings (SSSR count). The van der Waals surface area contributed by atoms with Crippen LogP contribution in [0.4, 0.5) is 11.4 Å². The number of anilines is 2. The lowest BCUT2D eigenvalue weighted by atomic mass is 10.1. The van der Waals surface area contributed by atoms with Gasteiger partial charge < -0.3 is 25.6 Å². The monoisotopic (exact) mass is 396 g/mol. The Morgan fingerprint density at radius 1 is 1.03 bits per heavy atom. The first-order chi connectivity index (χ1) is 14.1. The molecule has 154 valence electrons. The zero-order valence-electron chi connectivity index (χ0n) is 16.7. The van der Waals surface area contributed by atoms with Gasteiger partial charge in [0.15, 0.2) is 0 Å². The number of para-hydroxylation sites is 1. The number of hydrogen-bond acceptors (Lipinski definition) is 5. The molecule has 0 radical (unpaired) electrons. The van der Waals surface area contributed by atoms with Crippen LogP contribution in [0.1, 0.15) is 5.56 Å². The van der Waals surface area contributed by atoms with Crippen molar-refractivity contribution in [2.24, 2.45) is 5.73 Å². The van der Waals surface area contributed by atoms with Crippen molar-refractivity contribution < 1.29 is 14.3 Å². The van der Waals surface area contributed by atoms with E-state index in [1.807, 2.05) is 35.2 Å². The van der Waals surface area contributed by atoms with E-state index in [0.29, 0.717) is 12.1 Å². The first kappa shape index (κ1) is 20.8. The van der Waals surface area contributed by atoms with Crippen LogP contribution in [0.2, 0.25) is 0 Å². The molecule has 1 heterocycles. The van der Waals surface area contributed by atoms with Gasteiger partial charge in [-0.15, -0.1) is 0 Å². The molecule has 0 spiro atoms. The van der Waals surface area contributed by atoms with Gasteiger partial charge in [0.1, 0.15) is 6.04 Å². The molecule has 29 heavy (non-hydrogen) atoms. The lowest BCUT2D eigenvalue weighted by Crippen LogP contribution is -2.49. The lowest BCUT2D eigenvalue weighted by molar-refractivity contribution is -0.130. The number of nitrogens with zero attached hydrogens (tertiary/aromatic N) is 2. The third-order valence-corrected chi connectivity index (χ3v) is 5.01. The Morgan fingerprint density at radius 3 is 2.31 bits per heavy atom. The van der Waals surface area contributed by atoms with Crippen molar-refractivity contribution >= 4 is 23.2 Å². The largest absolute Gasteiger partial charge is 0.383 e. The third-order valence-electron chi connectivity index (χ3n) is 5.01. The fourth-order valence-corrected chi connectivity index (χ4v) is 3.34. The fraction of sp³-hybridized carbons (Fsp3) is 0.364. The third kappa shape index (κ3) is 5.79. The van der Waals surface area contributed by atoms with Crippen LogP contribution in [0.25, 0.3) is 0 Å². The second-order valence-corrected chi connectivity index (χ2v) is 7.13. The van der Waals surface area contributed by atoms with Gasteiger partial charge in [-0.3, -0.25) is 9.59 Å². The smallest absolute Gasteiger partial charge is 0.243 e. The van der Waals surface area contributed by atoms with E-state index in [2.05, 4.69) is 22.3 Å². The molecule has 1 fully saturated rings. The van der Waals surface area contributed by atoms with Crippen LogP contribution in [-0.2, 0) is 20.7 Å². The van der Waals surface area contributed by atoms with Crippen LogP contribution < -0.4 is 16.0 Å². The van der Waals surface area contributed by atoms with Crippen molar-refractivity contribution in [3.05, 3.63) is 60.2 Å². The van der Waals surface area contributed by atoms with Crippen LogP contribution in [0.15, 0.2) is 54.6 Å². The van der Waals surface area contributed by atoms with Crippen LogP contribution >= 0.6 is 0 Å². The number of nitrogens with two attached hydrogens (primary N) is 1. The van der Waals surface area contributed by atoms with Crippen LogP contribution in [0, 0.1) is 0 Å². The van der Waals surface area contributed by atoms with E-state index in [0.717, 1.165) is 31.7 Å². The molecule has 1 unspecified atom stereocenters. The molecule has 1 saturated heterocycles. The van der Waals surface area contributed by atoms with Crippen LogP contribution in [-0.4, -0.2) is 62.7 Å². The van der Waals surface area contributed by atoms with Gasteiger partial charge in [-0.25, -0.2) is 0 Å². The van der Waals surface area contributed by atoms with Gasteiger partial charge in [0, 0.05) is 44.7 Å². The lowest BCUT2D eigenvalue weighted by Gasteiger charge is -2.36. The minimum Gasteiger partial charge on any atom is -0.383 e. The van der Waals surface area contributed by atoms with Gasteiger partial charge in [-0.2, -0.15) is 0 Å². The summed E-state index contributed by atoms with van der Waals surface area (Å²) in [6, 6.07) is 16.8. The molecular formula is C22H28N4O3. The Balaban J connectivity index is 1.48. The summed E-state index contributed by atoms with van der Waals surface area (Å²) in [6.07, 6.45) is 0.350. The molecule has 0 aliphatic carbocycles. The first-order valence-electron chi connectivity index (χ1n) is 9.79. The molecule has 2 amide bonds. The van der Waals surface area contributed by atoms with Gasteiger partial charge in [0.2, 0.25) is 11.8 Å². The summed E-state index contributed by atoms with van der Waals surface area (Å²) in [5, 5.41) is 2.75. The highest BCUT2D eigenvalue weighted by molar-refractivity contribution is 5.94. The first-order valence-corrected chi connectivity index (χ1v) is 9.79. The normalized spacial score (nSPS) is 15.1. The topological polar surface area (TPSA) is 87.9 Å². The van der Waals surface area contributed by atoms with E-state index in [4.69, 9.17) is 10.5 Å². The Bertz CT molecular complexity index is 803. The van der Waals surface area contributed by atoms with Gasteiger partial charge in [-0.05, 0) is 29.8 Å². The minimum atomic E-state index is -0.712. The number of ether oxygens (including phenoxy) is 1. The maximum Gasteiger partial charge on any atom is 0.243 e.